The summed E-state index contributed by atoms with van der Waals surface area (Å²) in [5.74, 6) is 0.569. The molecule has 0 aliphatic heterocycles. The first kappa shape index (κ1) is 21.2. The molecule has 126 valence electrons. The molecular formula is C17H31IN4. The zero-order valence-electron chi connectivity index (χ0n) is 13.9. The number of guanidine groups is 1. The van der Waals surface area contributed by atoms with Gasteiger partial charge in [0.2, 0.25) is 0 Å². The van der Waals surface area contributed by atoms with Gasteiger partial charge in [0, 0.05) is 26.2 Å². The van der Waals surface area contributed by atoms with Crippen LogP contribution in [0.4, 0.5) is 0 Å². The highest BCUT2D eigenvalue weighted by molar-refractivity contribution is 14.0. The Morgan fingerprint density at radius 2 is 1.91 bits per heavy atom. The average molecular weight is 418 g/mol. The maximum absolute atomic E-state index is 5.85. The summed E-state index contributed by atoms with van der Waals surface area (Å²) in [6.45, 7) is 5.77. The van der Waals surface area contributed by atoms with E-state index in [1.54, 1.807) is 0 Å². The number of benzene rings is 1. The van der Waals surface area contributed by atoms with Crippen molar-refractivity contribution in [2.24, 2.45) is 10.7 Å². The van der Waals surface area contributed by atoms with E-state index >= 15 is 0 Å². The van der Waals surface area contributed by atoms with Crippen LogP contribution in [0, 0.1) is 0 Å². The molecule has 0 aliphatic carbocycles. The summed E-state index contributed by atoms with van der Waals surface area (Å²) in [7, 11) is 2.12. The van der Waals surface area contributed by atoms with Crippen LogP contribution < -0.4 is 11.1 Å². The molecule has 22 heavy (non-hydrogen) atoms. The molecule has 0 aromatic heterocycles. The third-order valence-corrected chi connectivity index (χ3v) is 3.39. The van der Waals surface area contributed by atoms with Crippen LogP contribution in [0.3, 0.4) is 0 Å². The number of likely N-dealkylation sites (N-methyl/N-ethyl adjacent to an activating group) is 1. The van der Waals surface area contributed by atoms with Gasteiger partial charge < -0.3 is 16.0 Å². The summed E-state index contributed by atoms with van der Waals surface area (Å²) in [5.41, 5.74) is 7.18. The van der Waals surface area contributed by atoms with Crippen molar-refractivity contribution in [1.29, 1.82) is 0 Å². The maximum Gasteiger partial charge on any atom is 0.188 e. The van der Waals surface area contributed by atoms with Crippen LogP contribution in [0.15, 0.2) is 35.3 Å². The van der Waals surface area contributed by atoms with E-state index in [9.17, 15) is 0 Å². The lowest BCUT2D eigenvalue weighted by atomic mass is 10.2. The van der Waals surface area contributed by atoms with Crippen LogP contribution >= 0.6 is 24.0 Å². The van der Waals surface area contributed by atoms with E-state index in [2.05, 4.69) is 53.4 Å². The van der Waals surface area contributed by atoms with Gasteiger partial charge in [0.1, 0.15) is 0 Å². The number of unbranched alkanes of at least 4 members (excludes halogenated alkanes) is 3. The minimum atomic E-state index is 0. The Balaban J connectivity index is 0.00000441. The lowest BCUT2D eigenvalue weighted by Gasteiger charge is -2.17. The second-order valence-corrected chi connectivity index (χ2v) is 5.48. The number of aliphatic imine (C=N–C) groups is 1. The molecule has 0 saturated carbocycles. The smallest absolute Gasteiger partial charge is 0.188 e. The number of halogens is 1. The Labute approximate surface area is 152 Å². The quantitative estimate of drug-likeness (QED) is 0.266. The van der Waals surface area contributed by atoms with Gasteiger partial charge in [-0.15, -0.1) is 24.0 Å². The molecular weight excluding hydrogens is 387 g/mol. The van der Waals surface area contributed by atoms with Crippen molar-refractivity contribution in [3.8, 4) is 0 Å². The van der Waals surface area contributed by atoms with E-state index in [0.29, 0.717) is 5.96 Å². The summed E-state index contributed by atoms with van der Waals surface area (Å²) in [4.78, 5) is 6.62. The fourth-order valence-electron chi connectivity index (χ4n) is 2.14. The van der Waals surface area contributed by atoms with Crippen LogP contribution in [0.5, 0.6) is 0 Å². The number of hydrogen-bond acceptors (Lipinski definition) is 2. The predicted octanol–water partition coefficient (Wildman–Crippen LogP) is 3.22. The van der Waals surface area contributed by atoms with Gasteiger partial charge in [0.25, 0.3) is 0 Å². The standard InChI is InChI=1S/C17H30N4.HI/c1-3-4-5-9-12-19-17(18)20-13-14-21(2)15-16-10-7-6-8-11-16;/h6-8,10-11H,3-5,9,12-15H2,1-2H3,(H3,18,19,20);1H. The summed E-state index contributed by atoms with van der Waals surface area (Å²) in [6.07, 6.45) is 4.91. The molecule has 0 radical (unpaired) electrons. The van der Waals surface area contributed by atoms with Crippen molar-refractivity contribution in [2.45, 2.75) is 39.2 Å². The van der Waals surface area contributed by atoms with E-state index in [0.717, 1.165) is 32.6 Å². The monoisotopic (exact) mass is 418 g/mol. The second-order valence-electron chi connectivity index (χ2n) is 5.48. The van der Waals surface area contributed by atoms with Gasteiger partial charge >= 0.3 is 0 Å². The molecule has 5 heteroatoms. The highest BCUT2D eigenvalue weighted by atomic mass is 127. The molecule has 0 spiro atoms. The zero-order valence-corrected chi connectivity index (χ0v) is 16.3. The van der Waals surface area contributed by atoms with Crippen molar-refractivity contribution in [3.05, 3.63) is 35.9 Å². The van der Waals surface area contributed by atoms with Gasteiger partial charge in [-0.05, 0) is 19.0 Å². The summed E-state index contributed by atoms with van der Waals surface area (Å²) in [6, 6.07) is 10.5. The highest BCUT2D eigenvalue weighted by Gasteiger charge is 2.00. The normalized spacial score (nSPS) is 11.3. The molecule has 0 heterocycles. The Morgan fingerprint density at radius 3 is 2.59 bits per heavy atom. The second kappa shape index (κ2) is 13.8. The largest absolute Gasteiger partial charge is 0.370 e. The number of nitrogens with zero attached hydrogens (tertiary/aromatic N) is 2. The van der Waals surface area contributed by atoms with Gasteiger partial charge in [0.05, 0.1) is 0 Å². The molecule has 4 nitrogen and oxygen atoms in total. The fourth-order valence-corrected chi connectivity index (χ4v) is 2.14. The van der Waals surface area contributed by atoms with Crippen LogP contribution in [-0.2, 0) is 6.54 Å². The third kappa shape index (κ3) is 10.8. The van der Waals surface area contributed by atoms with Gasteiger partial charge in [0.15, 0.2) is 5.96 Å². The molecule has 1 rings (SSSR count). The highest BCUT2D eigenvalue weighted by Crippen LogP contribution is 2.01. The third-order valence-electron chi connectivity index (χ3n) is 3.39. The van der Waals surface area contributed by atoms with Crippen molar-refractivity contribution >= 4 is 29.9 Å². The SMILES string of the molecule is CCCCCCN=C(N)NCCN(C)Cc1ccccc1.I. The molecule has 0 amide bonds. The van der Waals surface area contributed by atoms with Gasteiger partial charge in [-0.2, -0.15) is 0 Å². The number of nitrogens with one attached hydrogen (secondary N) is 1. The van der Waals surface area contributed by atoms with Crippen LogP contribution in [0.1, 0.15) is 38.2 Å². The molecule has 3 N–H and O–H groups in total. The van der Waals surface area contributed by atoms with Gasteiger partial charge in [-0.25, -0.2) is 0 Å². The first-order valence-corrected chi connectivity index (χ1v) is 7.98. The first-order chi connectivity index (χ1) is 10.2. The number of nitrogens with two attached hydrogens (primary N) is 1. The molecule has 0 saturated heterocycles. The molecule has 1 aromatic carbocycles. The molecule has 0 bridgehead atoms. The minimum absolute atomic E-state index is 0. The Hall–Kier alpha value is -0.820. The Bertz CT molecular complexity index is 395. The van der Waals surface area contributed by atoms with Crippen LogP contribution in [-0.4, -0.2) is 37.5 Å². The summed E-state index contributed by atoms with van der Waals surface area (Å²) in [5, 5.41) is 3.18. The van der Waals surface area contributed by atoms with E-state index in [1.807, 2.05) is 6.07 Å². The number of hydrogen-bond donors (Lipinski definition) is 2. The van der Waals surface area contributed by atoms with Gasteiger partial charge in [-0.3, -0.25) is 4.99 Å². The Kier molecular flexibility index (Phi) is 13.3. The van der Waals surface area contributed by atoms with E-state index in [4.69, 9.17) is 5.73 Å². The summed E-state index contributed by atoms with van der Waals surface area (Å²) >= 11 is 0. The van der Waals surface area contributed by atoms with Crippen molar-refractivity contribution in [3.63, 3.8) is 0 Å². The average Bonchev–Trinajstić information content (AvgIpc) is 2.48. The zero-order chi connectivity index (χ0) is 15.3. The van der Waals surface area contributed by atoms with Crippen LogP contribution in [0.2, 0.25) is 0 Å². The van der Waals surface area contributed by atoms with Crippen molar-refractivity contribution in [2.75, 3.05) is 26.7 Å². The fraction of sp³-hybridized carbons (Fsp3) is 0.588. The van der Waals surface area contributed by atoms with E-state index in [1.165, 1.54) is 24.8 Å². The topological polar surface area (TPSA) is 53.6 Å². The minimum Gasteiger partial charge on any atom is -0.370 e. The molecule has 0 atom stereocenters. The lowest BCUT2D eigenvalue weighted by molar-refractivity contribution is 0.331. The number of rotatable bonds is 10. The molecule has 1 aromatic rings. The first-order valence-electron chi connectivity index (χ1n) is 7.98. The summed E-state index contributed by atoms with van der Waals surface area (Å²) < 4.78 is 0. The predicted molar refractivity (Wildman–Crippen MR) is 107 cm³/mol. The van der Waals surface area contributed by atoms with E-state index in [-0.39, 0.29) is 24.0 Å². The lowest BCUT2D eigenvalue weighted by Crippen LogP contribution is -2.37. The van der Waals surface area contributed by atoms with E-state index < -0.39 is 0 Å². The van der Waals surface area contributed by atoms with Gasteiger partial charge in [-0.1, -0.05) is 56.5 Å². The maximum atomic E-state index is 5.85. The molecule has 0 aliphatic rings. The van der Waals surface area contributed by atoms with Crippen molar-refractivity contribution in [1.82, 2.24) is 10.2 Å². The molecule has 0 fully saturated rings. The van der Waals surface area contributed by atoms with Crippen LogP contribution in [0.25, 0.3) is 0 Å². The van der Waals surface area contributed by atoms with Crippen molar-refractivity contribution < 1.29 is 0 Å². The molecule has 0 unspecified atom stereocenters. The Morgan fingerprint density at radius 1 is 1.18 bits per heavy atom.